The molecule has 0 saturated carbocycles. The van der Waals surface area contributed by atoms with Crippen LogP contribution in [0.3, 0.4) is 0 Å². The molecule has 2 aromatic carbocycles. The number of carbonyl (C=O) groups excluding carboxylic acids is 1. The van der Waals surface area contributed by atoms with Gasteiger partial charge in [0.1, 0.15) is 0 Å². The lowest BCUT2D eigenvalue weighted by molar-refractivity contribution is 0.173. The first-order chi connectivity index (χ1) is 16.5. The zero-order valence-electron chi connectivity index (χ0n) is 18.7. The average molecular weight is 483 g/mol. The van der Waals surface area contributed by atoms with Gasteiger partial charge < -0.3 is 24.1 Å². The van der Waals surface area contributed by atoms with Crippen LogP contribution in [-0.4, -0.2) is 48.1 Å². The second-order valence-electron chi connectivity index (χ2n) is 7.93. The van der Waals surface area contributed by atoms with Gasteiger partial charge in [-0.1, -0.05) is 28.9 Å². The fraction of sp³-hybridized carbons (Fsp3) is 0.292. The minimum absolute atomic E-state index is 0.183. The topological polar surface area (TPSA) is 99.0 Å². The number of nitrogens with zero attached hydrogens (tertiary/aromatic N) is 3. The third kappa shape index (κ3) is 4.20. The van der Waals surface area contributed by atoms with E-state index in [1.54, 1.807) is 18.1 Å². The maximum absolute atomic E-state index is 13.0. The Morgan fingerprint density at radius 1 is 1.21 bits per heavy atom. The number of aromatic nitrogens is 2. The number of rotatable bonds is 7. The van der Waals surface area contributed by atoms with E-state index in [9.17, 15) is 4.79 Å². The van der Waals surface area contributed by atoms with Gasteiger partial charge in [0.05, 0.1) is 11.6 Å². The van der Waals surface area contributed by atoms with Crippen molar-refractivity contribution in [1.29, 1.82) is 0 Å². The van der Waals surface area contributed by atoms with Gasteiger partial charge in [-0.25, -0.2) is 4.79 Å². The summed E-state index contributed by atoms with van der Waals surface area (Å²) in [5.41, 5.74) is 2.98. The number of urea groups is 1. The first-order valence-corrected chi connectivity index (χ1v) is 11.2. The van der Waals surface area contributed by atoms with Gasteiger partial charge in [-0.2, -0.15) is 4.98 Å². The van der Waals surface area contributed by atoms with Crippen molar-refractivity contribution >= 4 is 23.2 Å². The normalized spacial score (nSPS) is 17.3. The molecule has 1 aromatic heterocycles. The Hall–Kier alpha value is -3.56. The zero-order valence-corrected chi connectivity index (χ0v) is 19.5. The molecule has 1 atom stereocenters. The lowest BCUT2D eigenvalue weighted by Crippen LogP contribution is -2.46. The summed E-state index contributed by atoms with van der Waals surface area (Å²) < 4.78 is 21.7. The predicted octanol–water partition coefficient (Wildman–Crippen LogP) is 4.65. The van der Waals surface area contributed by atoms with E-state index in [0.29, 0.717) is 53.4 Å². The van der Waals surface area contributed by atoms with E-state index >= 15 is 0 Å². The molecule has 1 unspecified atom stereocenters. The lowest BCUT2D eigenvalue weighted by Gasteiger charge is -2.35. The average Bonchev–Trinajstić information content (AvgIpc) is 3.50. The van der Waals surface area contributed by atoms with Crippen LogP contribution in [0.4, 0.5) is 4.79 Å². The Labute approximate surface area is 201 Å². The van der Waals surface area contributed by atoms with Crippen LogP contribution in [0.2, 0.25) is 5.02 Å². The summed E-state index contributed by atoms with van der Waals surface area (Å²) in [5.74, 6) is 2.02. The minimum atomic E-state index is -0.505. The molecule has 34 heavy (non-hydrogen) atoms. The molecule has 2 aliphatic rings. The SMILES string of the molecule is COCCCN1C(=O)NC(c2cccc(Cl)c2)C(c2nc(-c3ccc4c(c3)OCO4)no2)=C1C. The molecule has 9 nitrogen and oxygen atoms in total. The van der Waals surface area contributed by atoms with Crippen LogP contribution in [0.5, 0.6) is 11.5 Å². The fourth-order valence-corrected chi connectivity index (χ4v) is 4.32. The number of ether oxygens (including phenoxy) is 3. The van der Waals surface area contributed by atoms with Gasteiger partial charge in [0.15, 0.2) is 11.5 Å². The maximum Gasteiger partial charge on any atom is 0.322 e. The summed E-state index contributed by atoms with van der Waals surface area (Å²) in [6.07, 6.45) is 0.683. The summed E-state index contributed by atoms with van der Waals surface area (Å²) in [4.78, 5) is 19.3. The van der Waals surface area contributed by atoms with Crippen LogP contribution >= 0.6 is 11.6 Å². The largest absolute Gasteiger partial charge is 0.454 e. The highest BCUT2D eigenvalue weighted by Crippen LogP contribution is 2.39. The summed E-state index contributed by atoms with van der Waals surface area (Å²) in [6.45, 7) is 3.09. The number of hydrogen-bond donors (Lipinski definition) is 1. The van der Waals surface area contributed by atoms with Crippen LogP contribution in [0.15, 0.2) is 52.7 Å². The molecule has 3 aromatic rings. The van der Waals surface area contributed by atoms with Gasteiger partial charge in [0, 0.05) is 36.5 Å². The molecule has 10 heteroatoms. The first kappa shape index (κ1) is 22.2. The van der Waals surface area contributed by atoms with Crippen molar-refractivity contribution in [3.05, 3.63) is 64.6 Å². The van der Waals surface area contributed by atoms with Crippen molar-refractivity contribution in [3.63, 3.8) is 0 Å². The van der Waals surface area contributed by atoms with Crippen LogP contribution in [0.1, 0.15) is 30.8 Å². The third-order valence-electron chi connectivity index (χ3n) is 5.80. The molecule has 1 N–H and O–H groups in total. The zero-order chi connectivity index (χ0) is 23.7. The van der Waals surface area contributed by atoms with E-state index in [2.05, 4.69) is 15.5 Å². The first-order valence-electron chi connectivity index (χ1n) is 10.8. The minimum Gasteiger partial charge on any atom is -0.454 e. The predicted molar refractivity (Wildman–Crippen MR) is 124 cm³/mol. The molecule has 5 rings (SSSR count). The van der Waals surface area contributed by atoms with E-state index in [-0.39, 0.29) is 12.8 Å². The Morgan fingerprint density at radius 3 is 2.88 bits per heavy atom. The summed E-state index contributed by atoms with van der Waals surface area (Å²) in [6, 6.07) is 12.1. The summed E-state index contributed by atoms with van der Waals surface area (Å²) in [5, 5.41) is 7.82. The molecule has 3 heterocycles. The van der Waals surface area contributed by atoms with Crippen molar-refractivity contribution in [1.82, 2.24) is 20.4 Å². The monoisotopic (exact) mass is 482 g/mol. The molecule has 2 aliphatic heterocycles. The standard InChI is InChI=1S/C24H23ClN4O5/c1-14-20(23-27-22(28-34-23)16-7-8-18-19(12-16)33-13-32-18)21(15-5-3-6-17(25)11-15)26-24(30)29(14)9-4-10-31-2/h3,5-8,11-12,21H,4,9-10,13H2,1-2H3,(H,26,30). The highest BCUT2D eigenvalue weighted by Gasteiger charge is 2.35. The van der Waals surface area contributed by atoms with Gasteiger partial charge in [0.2, 0.25) is 12.6 Å². The number of amides is 2. The van der Waals surface area contributed by atoms with E-state index in [4.69, 9.17) is 30.3 Å². The van der Waals surface area contributed by atoms with Crippen molar-refractivity contribution in [3.8, 4) is 22.9 Å². The third-order valence-corrected chi connectivity index (χ3v) is 6.03. The van der Waals surface area contributed by atoms with Crippen molar-refractivity contribution < 1.29 is 23.5 Å². The lowest BCUT2D eigenvalue weighted by atomic mass is 9.94. The van der Waals surface area contributed by atoms with Crippen LogP contribution in [0, 0.1) is 0 Å². The molecule has 0 bridgehead atoms. The second-order valence-corrected chi connectivity index (χ2v) is 8.36. The van der Waals surface area contributed by atoms with Gasteiger partial charge in [-0.3, -0.25) is 4.90 Å². The van der Waals surface area contributed by atoms with E-state index < -0.39 is 6.04 Å². The number of carbonyl (C=O) groups is 1. The van der Waals surface area contributed by atoms with E-state index in [1.807, 2.05) is 43.3 Å². The number of methoxy groups -OCH3 is 1. The molecule has 2 amide bonds. The summed E-state index contributed by atoms with van der Waals surface area (Å²) in [7, 11) is 1.63. The van der Waals surface area contributed by atoms with Gasteiger partial charge >= 0.3 is 6.03 Å². The number of allylic oxidation sites excluding steroid dienone is 1. The Morgan fingerprint density at radius 2 is 2.06 bits per heavy atom. The van der Waals surface area contributed by atoms with E-state index in [0.717, 1.165) is 16.8 Å². The summed E-state index contributed by atoms with van der Waals surface area (Å²) >= 11 is 6.25. The maximum atomic E-state index is 13.0. The highest BCUT2D eigenvalue weighted by atomic mass is 35.5. The highest BCUT2D eigenvalue weighted by molar-refractivity contribution is 6.30. The van der Waals surface area contributed by atoms with Crippen LogP contribution < -0.4 is 14.8 Å². The Balaban J connectivity index is 1.55. The fourth-order valence-electron chi connectivity index (χ4n) is 4.12. The quantitative estimate of drug-likeness (QED) is 0.489. The Kier molecular flexibility index (Phi) is 6.12. The number of nitrogens with one attached hydrogen (secondary N) is 1. The van der Waals surface area contributed by atoms with Gasteiger partial charge in [-0.05, 0) is 49.2 Å². The van der Waals surface area contributed by atoms with Gasteiger partial charge in [0.25, 0.3) is 5.89 Å². The van der Waals surface area contributed by atoms with Gasteiger partial charge in [-0.15, -0.1) is 0 Å². The number of benzene rings is 2. The van der Waals surface area contributed by atoms with Crippen LogP contribution in [-0.2, 0) is 4.74 Å². The molecule has 0 spiro atoms. The van der Waals surface area contributed by atoms with Crippen molar-refractivity contribution in [2.75, 3.05) is 27.1 Å². The number of halogens is 1. The number of hydrogen-bond acceptors (Lipinski definition) is 7. The molecule has 176 valence electrons. The number of fused-ring (bicyclic) bond motifs is 1. The smallest absolute Gasteiger partial charge is 0.322 e. The van der Waals surface area contributed by atoms with Crippen molar-refractivity contribution in [2.24, 2.45) is 0 Å². The van der Waals surface area contributed by atoms with E-state index in [1.165, 1.54) is 0 Å². The molecule has 0 radical (unpaired) electrons. The molecular formula is C24H23ClN4O5. The molecular weight excluding hydrogens is 460 g/mol. The molecule has 0 saturated heterocycles. The van der Waals surface area contributed by atoms with Crippen molar-refractivity contribution in [2.45, 2.75) is 19.4 Å². The molecule has 0 aliphatic carbocycles. The molecule has 0 fully saturated rings. The Bertz CT molecular complexity index is 1260. The van der Waals surface area contributed by atoms with Crippen LogP contribution in [0.25, 0.3) is 17.0 Å². The second kappa shape index (κ2) is 9.36.